The number of nitrogens with one attached hydrogen (secondary N) is 1. The fraction of sp³-hybridized carbons (Fsp3) is 0.375. The molecule has 0 amide bonds. The molecule has 0 unspecified atom stereocenters. The van der Waals surface area contributed by atoms with Gasteiger partial charge in [0.1, 0.15) is 5.15 Å². The Labute approximate surface area is 108 Å². The molecule has 0 saturated carbocycles. The zero-order valence-electron chi connectivity index (χ0n) is 9.58. The van der Waals surface area contributed by atoms with Gasteiger partial charge in [0.25, 0.3) is 10.0 Å². The average molecular weight is 292 g/mol. The predicted octanol–water partition coefficient (Wildman–Crippen LogP) is 0.243. The number of aryl methyl sites for hydroxylation is 2. The van der Waals surface area contributed by atoms with E-state index in [9.17, 15) is 8.42 Å². The van der Waals surface area contributed by atoms with Gasteiger partial charge in [-0.05, 0) is 6.92 Å². The second-order valence-electron chi connectivity index (χ2n) is 3.51. The Hall–Kier alpha value is -1.45. The van der Waals surface area contributed by atoms with Gasteiger partial charge in [-0.15, -0.1) is 0 Å². The van der Waals surface area contributed by atoms with Gasteiger partial charge in [0.05, 0.1) is 12.9 Å². The van der Waals surface area contributed by atoms with Crippen LogP contribution < -0.4 is 4.72 Å². The Balaban J connectivity index is 2.15. The van der Waals surface area contributed by atoms with E-state index in [2.05, 4.69) is 19.8 Å². The summed E-state index contributed by atoms with van der Waals surface area (Å²) < 4.78 is 32.2. The van der Waals surface area contributed by atoms with E-state index in [1.807, 2.05) is 0 Å². The molecule has 18 heavy (non-hydrogen) atoms. The van der Waals surface area contributed by atoms with E-state index >= 15 is 0 Å². The van der Waals surface area contributed by atoms with Crippen LogP contribution >= 0.6 is 11.6 Å². The first-order valence-electron chi connectivity index (χ1n) is 4.86. The van der Waals surface area contributed by atoms with Gasteiger partial charge in [-0.2, -0.15) is 4.98 Å². The SMILES string of the molecule is Cc1noc(CNS(=O)(=O)c2ncn(C)c2Cl)n1. The van der Waals surface area contributed by atoms with Crippen LogP contribution in [0.1, 0.15) is 11.7 Å². The van der Waals surface area contributed by atoms with E-state index in [1.54, 1.807) is 14.0 Å². The third-order valence-electron chi connectivity index (χ3n) is 2.07. The summed E-state index contributed by atoms with van der Waals surface area (Å²) in [5, 5.41) is 3.34. The van der Waals surface area contributed by atoms with E-state index in [0.717, 1.165) is 0 Å². The van der Waals surface area contributed by atoms with Crippen LogP contribution in [0.4, 0.5) is 0 Å². The summed E-state index contributed by atoms with van der Waals surface area (Å²) in [5.74, 6) is 0.600. The Morgan fingerprint density at radius 2 is 2.28 bits per heavy atom. The third kappa shape index (κ3) is 2.52. The molecule has 0 radical (unpaired) electrons. The first kappa shape index (κ1) is 13.0. The highest BCUT2D eigenvalue weighted by molar-refractivity contribution is 7.89. The standard InChI is InChI=1S/C8H10ClN5O3S/c1-5-12-6(17-13-5)3-11-18(15,16)8-7(9)14(2)4-10-8/h4,11H,3H2,1-2H3. The molecule has 10 heteroatoms. The largest absolute Gasteiger partial charge is 0.338 e. The fourth-order valence-corrected chi connectivity index (χ4v) is 2.61. The highest BCUT2D eigenvalue weighted by atomic mass is 35.5. The van der Waals surface area contributed by atoms with Gasteiger partial charge in [-0.3, -0.25) is 0 Å². The maximum absolute atomic E-state index is 11.9. The van der Waals surface area contributed by atoms with Crippen LogP contribution in [-0.4, -0.2) is 28.1 Å². The zero-order chi connectivity index (χ0) is 13.3. The number of rotatable bonds is 4. The van der Waals surface area contributed by atoms with Crippen LogP contribution in [0.2, 0.25) is 5.15 Å². The van der Waals surface area contributed by atoms with Crippen LogP contribution in [0.3, 0.4) is 0 Å². The van der Waals surface area contributed by atoms with E-state index in [1.165, 1.54) is 10.9 Å². The van der Waals surface area contributed by atoms with Crippen molar-refractivity contribution >= 4 is 21.6 Å². The highest BCUT2D eigenvalue weighted by Crippen LogP contribution is 2.18. The van der Waals surface area contributed by atoms with Crippen molar-refractivity contribution in [2.75, 3.05) is 0 Å². The molecule has 0 spiro atoms. The number of sulfonamides is 1. The van der Waals surface area contributed by atoms with E-state index < -0.39 is 10.0 Å². The quantitative estimate of drug-likeness (QED) is 0.866. The zero-order valence-corrected chi connectivity index (χ0v) is 11.2. The summed E-state index contributed by atoms with van der Waals surface area (Å²) in [5.41, 5.74) is 0. The summed E-state index contributed by atoms with van der Waals surface area (Å²) in [6.07, 6.45) is 1.31. The number of nitrogens with zero attached hydrogens (tertiary/aromatic N) is 4. The molecule has 98 valence electrons. The van der Waals surface area contributed by atoms with Crippen LogP contribution in [-0.2, 0) is 23.6 Å². The Morgan fingerprint density at radius 3 is 2.78 bits per heavy atom. The molecule has 0 aliphatic heterocycles. The lowest BCUT2D eigenvalue weighted by Crippen LogP contribution is -2.24. The molecule has 1 N–H and O–H groups in total. The van der Waals surface area contributed by atoms with Crippen molar-refractivity contribution in [1.29, 1.82) is 0 Å². The summed E-state index contributed by atoms with van der Waals surface area (Å²) >= 11 is 5.81. The number of imidazole rings is 1. The summed E-state index contributed by atoms with van der Waals surface area (Å²) in [6, 6.07) is 0. The molecule has 8 nitrogen and oxygen atoms in total. The summed E-state index contributed by atoms with van der Waals surface area (Å²) in [7, 11) is -2.21. The maximum Gasteiger partial charge on any atom is 0.261 e. The minimum absolute atomic E-state index is 0.0317. The third-order valence-corrected chi connectivity index (χ3v) is 3.96. The van der Waals surface area contributed by atoms with Gasteiger partial charge >= 0.3 is 0 Å². The van der Waals surface area contributed by atoms with E-state index in [-0.39, 0.29) is 22.6 Å². The minimum atomic E-state index is -3.80. The molecule has 0 bridgehead atoms. The number of aromatic nitrogens is 4. The van der Waals surface area contributed by atoms with Crippen LogP contribution in [0.15, 0.2) is 15.9 Å². The highest BCUT2D eigenvalue weighted by Gasteiger charge is 2.22. The van der Waals surface area contributed by atoms with Gasteiger partial charge in [0.2, 0.25) is 10.9 Å². The molecule has 0 aliphatic rings. The first-order valence-corrected chi connectivity index (χ1v) is 6.72. The molecule has 0 atom stereocenters. The molecule has 0 fully saturated rings. The molecule has 2 heterocycles. The smallest absolute Gasteiger partial charge is 0.261 e. The van der Waals surface area contributed by atoms with Crippen molar-refractivity contribution in [3.05, 3.63) is 23.2 Å². The molecular weight excluding hydrogens is 282 g/mol. The molecular formula is C8H10ClN5O3S. The van der Waals surface area contributed by atoms with Gasteiger partial charge < -0.3 is 9.09 Å². The van der Waals surface area contributed by atoms with Crippen molar-refractivity contribution in [1.82, 2.24) is 24.4 Å². The van der Waals surface area contributed by atoms with Gasteiger partial charge in [0, 0.05) is 7.05 Å². The second-order valence-corrected chi connectivity index (χ2v) is 5.55. The Morgan fingerprint density at radius 1 is 1.56 bits per heavy atom. The molecule has 2 aromatic rings. The van der Waals surface area contributed by atoms with Crippen LogP contribution in [0.5, 0.6) is 0 Å². The van der Waals surface area contributed by atoms with Crippen molar-refractivity contribution < 1.29 is 12.9 Å². The van der Waals surface area contributed by atoms with Crippen LogP contribution in [0, 0.1) is 6.92 Å². The lowest BCUT2D eigenvalue weighted by molar-refractivity contribution is 0.372. The normalized spacial score (nSPS) is 11.9. The fourth-order valence-electron chi connectivity index (χ4n) is 1.21. The minimum Gasteiger partial charge on any atom is -0.338 e. The van der Waals surface area contributed by atoms with Gasteiger partial charge in [-0.1, -0.05) is 16.8 Å². The molecule has 2 aromatic heterocycles. The van der Waals surface area contributed by atoms with Crippen LogP contribution in [0.25, 0.3) is 0 Å². The average Bonchev–Trinajstić information content (AvgIpc) is 2.85. The summed E-state index contributed by atoms with van der Waals surface area (Å²) in [6.45, 7) is 1.52. The molecule has 0 aliphatic carbocycles. The van der Waals surface area contributed by atoms with Crippen molar-refractivity contribution in [3.8, 4) is 0 Å². The molecule has 0 saturated heterocycles. The lowest BCUT2D eigenvalue weighted by Gasteiger charge is -2.01. The van der Waals surface area contributed by atoms with Gasteiger partial charge in [-0.25, -0.2) is 18.1 Å². The second kappa shape index (κ2) is 4.67. The Kier molecular flexibility index (Phi) is 3.37. The monoisotopic (exact) mass is 291 g/mol. The number of hydrogen-bond acceptors (Lipinski definition) is 6. The van der Waals surface area contributed by atoms with Crippen molar-refractivity contribution in [2.24, 2.45) is 7.05 Å². The topological polar surface area (TPSA) is 103 Å². The maximum atomic E-state index is 11.9. The van der Waals surface area contributed by atoms with E-state index in [4.69, 9.17) is 16.1 Å². The predicted molar refractivity (Wildman–Crippen MR) is 61.3 cm³/mol. The Bertz CT molecular complexity index is 662. The first-order chi connectivity index (χ1) is 8.40. The number of hydrogen-bond donors (Lipinski definition) is 1. The summed E-state index contributed by atoms with van der Waals surface area (Å²) in [4.78, 5) is 7.59. The number of halogens is 1. The van der Waals surface area contributed by atoms with E-state index in [0.29, 0.717) is 5.82 Å². The molecule has 0 aromatic carbocycles. The van der Waals surface area contributed by atoms with Crippen molar-refractivity contribution in [2.45, 2.75) is 18.5 Å². The lowest BCUT2D eigenvalue weighted by atomic mass is 10.6. The van der Waals surface area contributed by atoms with Gasteiger partial charge in [0.15, 0.2) is 5.82 Å². The van der Waals surface area contributed by atoms with Crippen molar-refractivity contribution in [3.63, 3.8) is 0 Å². The molecule has 2 rings (SSSR count).